The Hall–Kier alpha value is -3.84. The summed E-state index contributed by atoms with van der Waals surface area (Å²) < 4.78 is 14.3. The SMILES string of the molecule is O=C(Nc1cnn(Cc2ccc(Br)cc2)c1)c1ccc(COc2ccc3ccccc3c2)o1. The van der Waals surface area contributed by atoms with Gasteiger partial charge in [-0.05, 0) is 52.7 Å². The summed E-state index contributed by atoms with van der Waals surface area (Å²) in [5.74, 6) is 1.19. The molecule has 0 radical (unpaired) electrons. The predicted molar refractivity (Wildman–Crippen MR) is 130 cm³/mol. The predicted octanol–water partition coefficient (Wildman–Crippen LogP) is 6.27. The van der Waals surface area contributed by atoms with Gasteiger partial charge in [-0.2, -0.15) is 5.10 Å². The minimum absolute atomic E-state index is 0.216. The molecule has 0 bridgehead atoms. The van der Waals surface area contributed by atoms with Crippen LogP contribution in [0.2, 0.25) is 0 Å². The molecule has 5 aromatic rings. The number of ether oxygens (including phenoxy) is 1. The number of furan rings is 1. The Bertz CT molecular complexity index is 1410. The number of halogens is 1. The van der Waals surface area contributed by atoms with Crippen molar-refractivity contribution in [1.82, 2.24) is 9.78 Å². The number of aromatic nitrogens is 2. The number of carbonyl (C=O) groups excluding carboxylic acids is 1. The van der Waals surface area contributed by atoms with Crippen molar-refractivity contribution in [3.05, 3.63) is 113 Å². The molecule has 0 atom stereocenters. The number of amides is 1. The molecule has 0 spiro atoms. The maximum atomic E-state index is 12.6. The van der Waals surface area contributed by atoms with Gasteiger partial charge in [0.05, 0.1) is 18.4 Å². The summed E-state index contributed by atoms with van der Waals surface area (Å²) in [6.07, 6.45) is 3.40. The molecule has 0 aliphatic carbocycles. The standard InChI is InChI=1S/C26H20BrN3O3/c27-21-8-5-18(6-9-21)15-30-16-22(14-28-30)29-26(31)25-12-11-24(33-25)17-32-23-10-7-19-3-1-2-4-20(19)13-23/h1-14,16H,15,17H2,(H,29,31). The molecule has 6 nitrogen and oxygen atoms in total. The third-order valence-electron chi connectivity index (χ3n) is 5.14. The molecule has 0 aliphatic rings. The third-order valence-corrected chi connectivity index (χ3v) is 5.67. The highest BCUT2D eigenvalue weighted by molar-refractivity contribution is 9.10. The molecular formula is C26H20BrN3O3. The lowest BCUT2D eigenvalue weighted by molar-refractivity contribution is 0.0992. The van der Waals surface area contributed by atoms with Crippen LogP contribution in [-0.4, -0.2) is 15.7 Å². The highest BCUT2D eigenvalue weighted by atomic mass is 79.9. The Labute approximate surface area is 198 Å². The Morgan fingerprint density at radius 3 is 2.67 bits per heavy atom. The largest absolute Gasteiger partial charge is 0.486 e. The van der Waals surface area contributed by atoms with E-state index in [1.807, 2.05) is 60.7 Å². The molecule has 2 heterocycles. The second kappa shape index (κ2) is 9.34. The quantitative estimate of drug-likeness (QED) is 0.285. The van der Waals surface area contributed by atoms with Crippen molar-refractivity contribution in [2.75, 3.05) is 5.32 Å². The van der Waals surface area contributed by atoms with Gasteiger partial charge in [0.1, 0.15) is 18.1 Å². The first kappa shape index (κ1) is 21.0. The molecule has 33 heavy (non-hydrogen) atoms. The van der Waals surface area contributed by atoms with Gasteiger partial charge in [0, 0.05) is 10.7 Å². The number of hydrogen-bond donors (Lipinski definition) is 1. The summed E-state index contributed by atoms with van der Waals surface area (Å²) in [7, 11) is 0. The summed E-state index contributed by atoms with van der Waals surface area (Å²) in [5, 5.41) is 9.39. The number of fused-ring (bicyclic) bond motifs is 1. The van der Waals surface area contributed by atoms with Crippen molar-refractivity contribution in [2.45, 2.75) is 13.2 Å². The van der Waals surface area contributed by atoms with Crippen LogP contribution in [0.1, 0.15) is 21.9 Å². The zero-order valence-corrected chi connectivity index (χ0v) is 19.2. The zero-order chi connectivity index (χ0) is 22.6. The molecule has 0 unspecified atom stereocenters. The van der Waals surface area contributed by atoms with Crippen LogP contribution in [0.25, 0.3) is 10.8 Å². The van der Waals surface area contributed by atoms with Crippen LogP contribution in [0.4, 0.5) is 5.69 Å². The third kappa shape index (κ3) is 5.15. The van der Waals surface area contributed by atoms with Crippen molar-refractivity contribution in [2.24, 2.45) is 0 Å². The average molecular weight is 502 g/mol. The lowest BCUT2D eigenvalue weighted by atomic mass is 10.1. The highest BCUT2D eigenvalue weighted by Crippen LogP contribution is 2.22. The second-order valence-electron chi connectivity index (χ2n) is 7.57. The van der Waals surface area contributed by atoms with Crippen LogP contribution in [-0.2, 0) is 13.2 Å². The summed E-state index contributed by atoms with van der Waals surface area (Å²) in [6, 6.07) is 25.4. The molecular weight excluding hydrogens is 482 g/mol. The molecule has 0 fully saturated rings. The van der Waals surface area contributed by atoms with Crippen LogP contribution >= 0.6 is 15.9 Å². The highest BCUT2D eigenvalue weighted by Gasteiger charge is 2.13. The van der Waals surface area contributed by atoms with Gasteiger partial charge in [-0.25, -0.2) is 0 Å². The summed E-state index contributed by atoms with van der Waals surface area (Å²) in [5.41, 5.74) is 1.71. The molecule has 1 amide bonds. The van der Waals surface area contributed by atoms with Gasteiger partial charge in [0.2, 0.25) is 0 Å². The molecule has 0 saturated carbocycles. The maximum absolute atomic E-state index is 12.6. The van der Waals surface area contributed by atoms with Crippen molar-refractivity contribution < 1.29 is 13.9 Å². The first-order valence-electron chi connectivity index (χ1n) is 10.4. The number of carbonyl (C=O) groups is 1. The van der Waals surface area contributed by atoms with E-state index in [1.54, 1.807) is 29.2 Å². The number of hydrogen-bond acceptors (Lipinski definition) is 4. The van der Waals surface area contributed by atoms with Gasteiger partial charge in [-0.3, -0.25) is 9.48 Å². The van der Waals surface area contributed by atoms with Crippen LogP contribution in [0.15, 0.2) is 100 Å². The van der Waals surface area contributed by atoms with E-state index >= 15 is 0 Å². The maximum Gasteiger partial charge on any atom is 0.291 e. The molecule has 1 N–H and O–H groups in total. The fourth-order valence-corrected chi connectivity index (χ4v) is 3.74. The number of benzene rings is 3. The van der Waals surface area contributed by atoms with Crippen molar-refractivity contribution in [3.63, 3.8) is 0 Å². The van der Waals surface area contributed by atoms with Gasteiger partial charge < -0.3 is 14.5 Å². The normalized spacial score (nSPS) is 10.9. The number of rotatable bonds is 7. The van der Waals surface area contributed by atoms with E-state index in [0.717, 1.165) is 26.6 Å². The molecule has 2 aromatic heterocycles. The van der Waals surface area contributed by atoms with E-state index in [1.165, 1.54) is 0 Å². The fraction of sp³-hybridized carbons (Fsp3) is 0.0769. The molecule has 0 saturated heterocycles. The van der Waals surface area contributed by atoms with E-state index in [4.69, 9.17) is 9.15 Å². The first-order valence-corrected chi connectivity index (χ1v) is 11.2. The topological polar surface area (TPSA) is 69.3 Å². The average Bonchev–Trinajstić information content (AvgIpc) is 3.49. The Kier molecular flexibility index (Phi) is 5.95. The number of nitrogens with zero attached hydrogens (tertiary/aromatic N) is 2. The Morgan fingerprint density at radius 2 is 1.82 bits per heavy atom. The van der Waals surface area contributed by atoms with Crippen molar-refractivity contribution in [3.8, 4) is 5.75 Å². The number of anilines is 1. The summed E-state index contributed by atoms with van der Waals surface area (Å²) in [4.78, 5) is 12.6. The van der Waals surface area contributed by atoms with E-state index in [9.17, 15) is 4.79 Å². The molecule has 5 rings (SSSR count). The van der Waals surface area contributed by atoms with E-state index < -0.39 is 0 Å². The van der Waals surface area contributed by atoms with E-state index in [2.05, 4.69) is 32.4 Å². The van der Waals surface area contributed by atoms with Gasteiger partial charge in [-0.15, -0.1) is 0 Å². The van der Waals surface area contributed by atoms with Gasteiger partial charge >= 0.3 is 0 Å². The minimum atomic E-state index is -0.338. The van der Waals surface area contributed by atoms with Crippen LogP contribution in [0, 0.1) is 0 Å². The molecule has 3 aromatic carbocycles. The summed E-state index contributed by atoms with van der Waals surface area (Å²) >= 11 is 3.43. The van der Waals surface area contributed by atoms with E-state index in [0.29, 0.717) is 18.0 Å². The van der Waals surface area contributed by atoms with Gasteiger partial charge in [0.25, 0.3) is 5.91 Å². The van der Waals surface area contributed by atoms with Gasteiger partial charge in [-0.1, -0.05) is 58.4 Å². The number of nitrogens with one attached hydrogen (secondary N) is 1. The smallest absolute Gasteiger partial charge is 0.291 e. The molecule has 0 aliphatic heterocycles. The van der Waals surface area contributed by atoms with Gasteiger partial charge in [0.15, 0.2) is 5.76 Å². The Morgan fingerprint density at radius 1 is 1.00 bits per heavy atom. The monoisotopic (exact) mass is 501 g/mol. The Balaban J connectivity index is 1.18. The lowest BCUT2D eigenvalue weighted by Gasteiger charge is -2.06. The molecule has 7 heteroatoms. The van der Waals surface area contributed by atoms with Crippen LogP contribution in [0.5, 0.6) is 5.75 Å². The zero-order valence-electron chi connectivity index (χ0n) is 17.6. The van der Waals surface area contributed by atoms with Crippen LogP contribution < -0.4 is 10.1 Å². The fourth-order valence-electron chi connectivity index (χ4n) is 3.47. The first-order chi connectivity index (χ1) is 16.1. The van der Waals surface area contributed by atoms with Crippen molar-refractivity contribution in [1.29, 1.82) is 0 Å². The van der Waals surface area contributed by atoms with E-state index in [-0.39, 0.29) is 18.3 Å². The lowest BCUT2D eigenvalue weighted by Crippen LogP contribution is -2.10. The minimum Gasteiger partial charge on any atom is -0.486 e. The molecule has 164 valence electrons. The summed E-state index contributed by atoms with van der Waals surface area (Å²) in [6.45, 7) is 0.844. The van der Waals surface area contributed by atoms with Crippen LogP contribution in [0.3, 0.4) is 0 Å². The second-order valence-corrected chi connectivity index (χ2v) is 8.49. The van der Waals surface area contributed by atoms with Crippen molar-refractivity contribution >= 4 is 38.3 Å².